The molecule has 0 unspecified atom stereocenters. The molecule has 0 heterocycles. The zero-order chi connectivity index (χ0) is 13.9. The van der Waals surface area contributed by atoms with Crippen molar-refractivity contribution in [2.24, 2.45) is 0 Å². The van der Waals surface area contributed by atoms with Crippen LogP contribution < -0.4 is 0 Å². The third-order valence-corrected chi connectivity index (χ3v) is 1.45. The normalized spacial score (nSPS) is 12.6. The van der Waals surface area contributed by atoms with Gasteiger partial charge in [-0.1, -0.05) is 6.92 Å². The Kier molecular flexibility index (Phi) is 32.8. The Hall–Kier alpha value is 0.0600. The first kappa shape index (κ1) is 22.3. The molecule has 2 radical (unpaired) electrons. The molecule has 0 atom stereocenters. The minimum atomic E-state index is 1.01. The van der Waals surface area contributed by atoms with Gasteiger partial charge in [-0.25, -0.2) is 23.8 Å². The second-order valence-corrected chi connectivity index (χ2v) is 2.47. The van der Waals surface area contributed by atoms with E-state index in [0.29, 0.717) is 0 Å². The molecule has 0 spiro atoms. The third-order valence-electron chi connectivity index (χ3n) is 1.45. The molecular weight excluding hydrogens is 299 g/mol. The molecule has 0 aromatic heterocycles. The van der Waals surface area contributed by atoms with Crippen molar-refractivity contribution < 1.29 is 23.3 Å². The summed E-state index contributed by atoms with van der Waals surface area (Å²) >= 11 is 1.36. The first-order valence-corrected chi connectivity index (χ1v) is 9.70. The van der Waals surface area contributed by atoms with Crippen molar-refractivity contribution in [3.63, 3.8) is 0 Å². The van der Waals surface area contributed by atoms with E-state index in [1.807, 2.05) is 12.2 Å². The minimum absolute atomic E-state index is 1.01. The molecule has 2 aliphatic rings. The zero-order valence-corrected chi connectivity index (χ0v) is 14.7. The summed E-state index contributed by atoms with van der Waals surface area (Å²) < 4.78 is 0. The van der Waals surface area contributed by atoms with Crippen LogP contribution in [0.25, 0.3) is 0 Å². The summed E-state index contributed by atoms with van der Waals surface area (Å²) in [6, 6.07) is 0. The van der Waals surface area contributed by atoms with E-state index in [9.17, 15) is 0 Å². The van der Waals surface area contributed by atoms with Crippen LogP contribution in [0.5, 0.6) is 0 Å². The van der Waals surface area contributed by atoms with Gasteiger partial charge < -0.3 is 13.8 Å². The Morgan fingerprint density at radius 2 is 1.71 bits per heavy atom. The van der Waals surface area contributed by atoms with Crippen LogP contribution in [0.4, 0.5) is 0 Å². The van der Waals surface area contributed by atoms with Crippen LogP contribution in [-0.2, 0) is 23.3 Å². The molecule has 0 aromatic carbocycles. The van der Waals surface area contributed by atoms with Gasteiger partial charge in [-0.2, -0.15) is 26.0 Å². The van der Waals surface area contributed by atoms with Crippen LogP contribution in [0.15, 0.2) is 36.0 Å². The molecular formula is C15H22SiZr-4. The van der Waals surface area contributed by atoms with Gasteiger partial charge >= 0.3 is 30.2 Å². The van der Waals surface area contributed by atoms with Crippen molar-refractivity contribution in [3.05, 3.63) is 62.0 Å². The second kappa shape index (κ2) is 25.0. The van der Waals surface area contributed by atoms with Crippen molar-refractivity contribution in [1.82, 2.24) is 0 Å². The van der Waals surface area contributed by atoms with Gasteiger partial charge in [-0.05, 0) is 0 Å². The van der Waals surface area contributed by atoms with E-state index in [0.717, 1.165) is 12.8 Å². The van der Waals surface area contributed by atoms with Crippen LogP contribution in [0.2, 0.25) is 0 Å². The average molecular weight is 322 g/mol. The van der Waals surface area contributed by atoms with Gasteiger partial charge in [0.05, 0.1) is 0 Å². The fourth-order valence-corrected chi connectivity index (χ4v) is 0.855. The van der Waals surface area contributed by atoms with E-state index in [-0.39, 0.29) is 0 Å². The standard InChI is InChI=1S/C6H7.C5H5.2C2H5.Si.Zr/c1-6-4-2-3-5-6;1-2-4-5-3-1;2*1-2;;/h2,4H,3H2,1H3;1-3H,4H2;2*1H2,2H3;;/q4*-1;;. The topological polar surface area (TPSA) is 0 Å². The van der Waals surface area contributed by atoms with Crippen LogP contribution in [0.3, 0.4) is 0 Å². The Morgan fingerprint density at radius 1 is 1.12 bits per heavy atom. The molecule has 2 rings (SSSR count). The summed E-state index contributed by atoms with van der Waals surface area (Å²) in [5.74, 6) is 0. The zero-order valence-electron chi connectivity index (χ0n) is 11.2. The van der Waals surface area contributed by atoms with Crippen LogP contribution in [0.1, 0.15) is 33.6 Å². The number of hydrogen-bond donors (Lipinski definition) is 0. The molecule has 0 N–H and O–H groups in total. The molecule has 0 aromatic rings. The van der Waals surface area contributed by atoms with Gasteiger partial charge in [-0.15, -0.1) is 12.8 Å². The summed E-state index contributed by atoms with van der Waals surface area (Å²) in [6.07, 6.45) is 18.3. The van der Waals surface area contributed by atoms with Crippen LogP contribution in [-0.4, -0.2) is 6.88 Å². The van der Waals surface area contributed by atoms with E-state index < -0.39 is 0 Å². The summed E-state index contributed by atoms with van der Waals surface area (Å²) in [6.45, 7) is 15.1. The molecule has 0 saturated heterocycles. The van der Waals surface area contributed by atoms with Gasteiger partial charge in [0, 0.05) is 0 Å². The van der Waals surface area contributed by atoms with E-state index in [1.54, 1.807) is 13.8 Å². The molecule has 0 nitrogen and oxygen atoms in total. The Morgan fingerprint density at radius 3 is 1.82 bits per heavy atom. The van der Waals surface area contributed by atoms with Gasteiger partial charge in [-0.3, -0.25) is 12.2 Å². The fourth-order valence-electron chi connectivity index (χ4n) is 0.855. The predicted molar refractivity (Wildman–Crippen MR) is 75.6 cm³/mol. The van der Waals surface area contributed by atoms with Crippen molar-refractivity contribution in [1.29, 1.82) is 0 Å². The van der Waals surface area contributed by atoms with Gasteiger partial charge in [0.1, 0.15) is 0 Å². The summed E-state index contributed by atoms with van der Waals surface area (Å²) in [5.41, 5.74) is 1.27. The van der Waals surface area contributed by atoms with Crippen molar-refractivity contribution in [2.45, 2.75) is 33.6 Å². The van der Waals surface area contributed by atoms with Gasteiger partial charge in [0.25, 0.3) is 0 Å². The maximum absolute atomic E-state index is 3.25. The first-order chi connectivity index (χ1) is 8.39. The third kappa shape index (κ3) is 21.8. The van der Waals surface area contributed by atoms with E-state index in [2.05, 4.69) is 58.0 Å². The molecule has 2 heteroatoms. The van der Waals surface area contributed by atoms with Gasteiger partial charge in [0.2, 0.25) is 0 Å². The van der Waals surface area contributed by atoms with E-state index in [1.165, 1.54) is 28.9 Å². The average Bonchev–Trinajstić information content (AvgIpc) is 3.12. The second-order valence-electron chi connectivity index (χ2n) is 2.47. The molecule has 0 amide bonds. The molecule has 94 valence electrons. The molecule has 0 bridgehead atoms. The predicted octanol–water partition coefficient (Wildman–Crippen LogP) is 4.30. The Labute approximate surface area is 125 Å². The fraction of sp³-hybridized carbons (Fsp3) is 0.333. The summed E-state index contributed by atoms with van der Waals surface area (Å²) in [7, 11) is 0. The van der Waals surface area contributed by atoms with E-state index >= 15 is 0 Å². The number of allylic oxidation sites excluding steroid dienone is 8. The molecule has 17 heavy (non-hydrogen) atoms. The molecule has 0 saturated carbocycles. The quantitative estimate of drug-likeness (QED) is 0.461. The van der Waals surface area contributed by atoms with Crippen molar-refractivity contribution in [2.75, 3.05) is 0 Å². The SMILES string of the molecule is CC1=[C-]CC=C1.[C-]1=CC=CC1.[CH2-]C.[CH2-]C.[Si]=[Zr]. The molecule has 0 aliphatic heterocycles. The van der Waals surface area contributed by atoms with Gasteiger partial charge in [0.15, 0.2) is 0 Å². The van der Waals surface area contributed by atoms with Crippen molar-refractivity contribution in [3.8, 4) is 0 Å². The maximum atomic E-state index is 3.25. The monoisotopic (exact) mass is 320 g/mol. The first-order valence-electron chi connectivity index (χ1n) is 5.52. The Bertz CT molecular complexity index is 225. The molecule has 2 aliphatic carbocycles. The van der Waals surface area contributed by atoms with Crippen LogP contribution >= 0.6 is 0 Å². The molecule has 0 fully saturated rings. The number of rotatable bonds is 0. The number of hydrogen-bond acceptors (Lipinski definition) is 0. The van der Waals surface area contributed by atoms with E-state index in [4.69, 9.17) is 0 Å². The summed E-state index contributed by atoms with van der Waals surface area (Å²) in [4.78, 5) is 0. The van der Waals surface area contributed by atoms with Crippen LogP contribution in [0, 0.1) is 26.0 Å². The summed E-state index contributed by atoms with van der Waals surface area (Å²) in [5, 5.41) is 0. The Balaban J connectivity index is -0.000000163. The van der Waals surface area contributed by atoms with Crippen molar-refractivity contribution >= 4 is 6.88 Å².